The van der Waals surface area contributed by atoms with Crippen molar-refractivity contribution in [3.63, 3.8) is 0 Å². The minimum Gasteiger partial charge on any atom is -0.444 e. The molecule has 0 aromatic carbocycles. The van der Waals surface area contributed by atoms with Crippen molar-refractivity contribution in [1.82, 2.24) is 10.2 Å². The molecule has 0 aliphatic carbocycles. The zero-order valence-corrected chi connectivity index (χ0v) is 11.9. The summed E-state index contributed by atoms with van der Waals surface area (Å²) < 4.78 is 5.46. The Morgan fingerprint density at radius 1 is 1.22 bits per heavy atom. The molecule has 4 nitrogen and oxygen atoms in total. The monoisotopic (exact) mass is 254 g/mol. The molecule has 2 aliphatic heterocycles. The molecule has 2 rings (SSSR count). The number of nitrogens with one attached hydrogen (secondary N) is 1. The van der Waals surface area contributed by atoms with Gasteiger partial charge in [-0.1, -0.05) is 0 Å². The fourth-order valence-electron chi connectivity index (χ4n) is 2.99. The molecule has 1 atom stereocenters. The first-order valence-electron chi connectivity index (χ1n) is 7.09. The second-order valence-corrected chi connectivity index (χ2v) is 6.75. The topological polar surface area (TPSA) is 41.6 Å². The van der Waals surface area contributed by atoms with Crippen molar-refractivity contribution in [2.24, 2.45) is 5.41 Å². The summed E-state index contributed by atoms with van der Waals surface area (Å²) in [6.07, 6.45) is 4.56. The van der Waals surface area contributed by atoms with Crippen LogP contribution in [0.4, 0.5) is 4.79 Å². The lowest BCUT2D eigenvalue weighted by molar-refractivity contribution is 0.0252. The predicted octanol–water partition coefficient (Wildman–Crippen LogP) is 2.39. The summed E-state index contributed by atoms with van der Waals surface area (Å²) in [4.78, 5) is 13.9. The maximum Gasteiger partial charge on any atom is 0.410 e. The molecular formula is C14H26N2O2. The summed E-state index contributed by atoms with van der Waals surface area (Å²) >= 11 is 0. The maximum absolute atomic E-state index is 12.1. The van der Waals surface area contributed by atoms with Gasteiger partial charge in [0.05, 0.1) is 0 Å². The van der Waals surface area contributed by atoms with E-state index in [0.29, 0.717) is 5.41 Å². The Morgan fingerprint density at radius 3 is 2.61 bits per heavy atom. The molecule has 0 bridgehead atoms. The standard InChI is InChI=1S/C14H26N2O2/c1-13(2,3)18-12(17)16-9-4-5-14(7-10-16)6-8-15-11-14/h15H,4-11H2,1-3H3. The van der Waals surface area contributed by atoms with Crippen LogP contribution in [0.2, 0.25) is 0 Å². The normalized spacial score (nSPS) is 29.4. The van der Waals surface area contributed by atoms with Gasteiger partial charge < -0.3 is 15.0 Å². The second-order valence-electron chi connectivity index (χ2n) is 6.75. The van der Waals surface area contributed by atoms with Crippen molar-refractivity contribution >= 4 is 6.09 Å². The van der Waals surface area contributed by atoms with Gasteiger partial charge >= 0.3 is 6.09 Å². The highest BCUT2D eigenvalue weighted by Crippen LogP contribution is 2.37. The molecule has 1 amide bonds. The lowest BCUT2D eigenvalue weighted by atomic mass is 9.80. The Balaban J connectivity index is 1.90. The molecular weight excluding hydrogens is 228 g/mol. The first kappa shape index (κ1) is 13.7. The largest absolute Gasteiger partial charge is 0.444 e. The van der Waals surface area contributed by atoms with E-state index in [1.165, 1.54) is 12.8 Å². The van der Waals surface area contributed by atoms with Crippen LogP contribution in [0.3, 0.4) is 0 Å². The molecule has 0 saturated carbocycles. The molecule has 2 aliphatic rings. The Bertz CT molecular complexity index is 303. The highest BCUT2D eigenvalue weighted by molar-refractivity contribution is 5.68. The van der Waals surface area contributed by atoms with Crippen LogP contribution in [0, 0.1) is 5.41 Å². The Morgan fingerprint density at radius 2 is 2.00 bits per heavy atom. The summed E-state index contributed by atoms with van der Waals surface area (Å²) in [6, 6.07) is 0. The van der Waals surface area contributed by atoms with Crippen molar-refractivity contribution in [3.8, 4) is 0 Å². The summed E-state index contributed by atoms with van der Waals surface area (Å²) in [5.74, 6) is 0. The van der Waals surface area contributed by atoms with Crippen LogP contribution in [0.25, 0.3) is 0 Å². The van der Waals surface area contributed by atoms with Gasteiger partial charge in [0, 0.05) is 19.6 Å². The van der Waals surface area contributed by atoms with Gasteiger partial charge in [-0.15, -0.1) is 0 Å². The second kappa shape index (κ2) is 5.08. The molecule has 104 valence electrons. The van der Waals surface area contributed by atoms with E-state index in [1.807, 2.05) is 25.7 Å². The first-order valence-corrected chi connectivity index (χ1v) is 7.09. The third-order valence-electron chi connectivity index (χ3n) is 4.03. The van der Waals surface area contributed by atoms with Crippen LogP contribution >= 0.6 is 0 Å². The number of ether oxygens (including phenoxy) is 1. The lowest BCUT2D eigenvalue weighted by Gasteiger charge is -2.28. The average molecular weight is 254 g/mol. The van der Waals surface area contributed by atoms with E-state index in [9.17, 15) is 4.79 Å². The molecule has 0 radical (unpaired) electrons. The van der Waals surface area contributed by atoms with Crippen molar-refractivity contribution in [3.05, 3.63) is 0 Å². The van der Waals surface area contributed by atoms with Gasteiger partial charge in [-0.2, -0.15) is 0 Å². The molecule has 2 saturated heterocycles. The fourth-order valence-corrected chi connectivity index (χ4v) is 2.99. The zero-order chi connectivity index (χ0) is 13.2. The number of carbonyl (C=O) groups excluding carboxylic acids is 1. The quantitative estimate of drug-likeness (QED) is 0.721. The average Bonchev–Trinajstić information content (AvgIpc) is 2.57. The number of hydrogen-bond donors (Lipinski definition) is 1. The third kappa shape index (κ3) is 3.37. The molecule has 2 heterocycles. The van der Waals surface area contributed by atoms with Gasteiger partial charge in [0.1, 0.15) is 5.60 Å². The van der Waals surface area contributed by atoms with E-state index in [1.54, 1.807) is 0 Å². The number of amides is 1. The molecule has 4 heteroatoms. The fraction of sp³-hybridized carbons (Fsp3) is 0.929. The molecule has 18 heavy (non-hydrogen) atoms. The van der Waals surface area contributed by atoms with Gasteiger partial charge in [0.15, 0.2) is 0 Å². The van der Waals surface area contributed by atoms with E-state index in [4.69, 9.17) is 4.74 Å². The van der Waals surface area contributed by atoms with Gasteiger partial charge in [-0.25, -0.2) is 4.79 Å². The van der Waals surface area contributed by atoms with Crippen molar-refractivity contribution in [1.29, 1.82) is 0 Å². The van der Waals surface area contributed by atoms with E-state index in [-0.39, 0.29) is 6.09 Å². The van der Waals surface area contributed by atoms with Crippen molar-refractivity contribution < 1.29 is 9.53 Å². The number of nitrogens with zero attached hydrogens (tertiary/aromatic N) is 1. The molecule has 0 aromatic rings. The van der Waals surface area contributed by atoms with Gasteiger partial charge in [-0.3, -0.25) is 0 Å². The zero-order valence-electron chi connectivity index (χ0n) is 11.9. The number of likely N-dealkylation sites (tertiary alicyclic amines) is 1. The molecule has 1 unspecified atom stereocenters. The van der Waals surface area contributed by atoms with E-state index in [2.05, 4.69) is 5.32 Å². The summed E-state index contributed by atoms with van der Waals surface area (Å²) in [7, 11) is 0. The molecule has 0 aromatic heterocycles. The summed E-state index contributed by atoms with van der Waals surface area (Å²) in [5, 5.41) is 3.46. The minimum absolute atomic E-state index is 0.148. The van der Waals surface area contributed by atoms with Gasteiger partial charge in [0.25, 0.3) is 0 Å². The van der Waals surface area contributed by atoms with Crippen LogP contribution in [0.1, 0.15) is 46.5 Å². The Hall–Kier alpha value is -0.770. The first-order chi connectivity index (χ1) is 8.40. The van der Waals surface area contributed by atoms with Crippen LogP contribution in [0.15, 0.2) is 0 Å². The number of hydrogen-bond acceptors (Lipinski definition) is 3. The van der Waals surface area contributed by atoms with Crippen molar-refractivity contribution in [2.45, 2.75) is 52.1 Å². The van der Waals surface area contributed by atoms with Crippen LogP contribution in [-0.4, -0.2) is 42.8 Å². The molecule has 2 fully saturated rings. The summed E-state index contributed by atoms with van der Waals surface area (Å²) in [6.45, 7) is 9.70. The smallest absolute Gasteiger partial charge is 0.410 e. The highest BCUT2D eigenvalue weighted by atomic mass is 16.6. The number of carbonyl (C=O) groups is 1. The highest BCUT2D eigenvalue weighted by Gasteiger charge is 2.36. The van der Waals surface area contributed by atoms with Gasteiger partial charge in [-0.05, 0) is 58.4 Å². The predicted molar refractivity (Wildman–Crippen MR) is 71.6 cm³/mol. The lowest BCUT2D eigenvalue weighted by Crippen LogP contribution is -2.38. The van der Waals surface area contributed by atoms with E-state index < -0.39 is 5.60 Å². The van der Waals surface area contributed by atoms with Crippen LogP contribution < -0.4 is 5.32 Å². The molecule has 1 spiro atoms. The van der Waals surface area contributed by atoms with Crippen molar-refractivity contribution in [2.75, 3.05) is 26.2 Å². The van der Waals surface area contributed by atoms with Crippen LogP contribution in [-0.2, 0) is 4.74 Å². The van der Waals surface area contributed by atoms with Gasteiger partial charge in [0.2, 0.25) is 0 Å². The van der Waals surface area contributed by atoms with E-state index in [0.717, 1.165) is 39.0 Å². The Labute approximate surface area is 110 Å². The maximum atomic E-state index is 12.1. The third-order valence-corrected chi connectivity index (χ3v) is 4.03. The Kier molecular flexibility index (Phi) is 3.85. The van der Waals surface area contributed by atoms with E-state index >= 15 is 0 Å². The SMILES string of the molecule is CC(C)(C)OC(=O)N1CCCC2(CCNC2)CC1. The minimum atomic E-state index is -0.393. The van der Waals surface area contributed by atoms with Crippen LogP contribution in [0.5, 0.6) is 0 Å². The molecule has 1 N–H and O–H groups in total. The summed E-state index contributed by atoms with van der Waals surface area (Å²) in [5.41, 5.74) is 0.0484. The number of rotatable bonds is 0.